The van der Waals surface area contributed by atoms with Gasteiger partial charge in [0.05, 0.1) is 11.8 Å². The quantitative estimate of drug-likeness (QED) is 0.457. The Hall–Kier alpha value is -4.06. The molecular weight excluding hydrogens is 367 g/mol. The van der Waals surface area contributed by atoms with Crippen LogP contribution in [0.15, 0.2) is 85.3 Å². The van der Waals surface area contributed by atoms with Gasteiger partial charge in [0.1, 0.15) is 5.82 Å². The molecule has 5 rings (SSSR count). The third kappa shape index (κ3) is 3.00. The molecule has 3 N–H and O–H groups in total. The van der Waals surface area contributed by atoms with Crippen molar-refractivity contribution in [2.45, 2.75) is 0 Å². The molecule has 1 amide bonds. The zero-order valence-corrected chi connectivity index (χ0v) is 15.3. The summed E-state index contributed by atoms with van der Waals surface area (Å²) >= 11 is 0. The van der Waals surface area contributed by atoms with E-state index in [9.17, 15) is 9.18 Å². The van der Waals surface area contributed by atoms with Crippen LogP contribution in [0.1, 0.15) is 10.5 Å². The molecule has 0 aliphatic rings. The first kappa shape index (κ1) is 17.1. The van der Waals surface area contributed by atoms with Crippen molar-refractivity contribution in [2.24, 2.45) is 0 Å². The lowest BCUT2D eigenvalue weighted by Gasteiger charge is -2.05. The van der Waals surface area contributed by atoms with Crippen molar-refractivity contribution in [1.82, 2.24) is 4.98 Å². The van der Waals surface area contributed by atoms with Gasteiger partial charge in [-0.2, -0.15) is 4.40 Å². The number of amides is 1. The Kier molecular flexibility index (Phi) is 4.02. The number of nitrogens with one attached hydrogen (secondary N) is 3. The van der Waals surface area contributed by atoms with Crippen molar-refractivity contribution < 1.29 is 18.6 Å². The number of nitrogens with zero attached hydrogens (tertiary/aromatic N) is 1. The van der Waals surface area contributed by atoms with Crippen molar-refractivity contribution in [3.05, 3.63) is 96.8 Å². The molecule has 0 radical (unpaired) electrons. The summed E-state index contributed by atoms with van der Waals surface area (Å²) in [6.07, 6.45) is 5.58. The first-order valence-corrected chi connectivity index (χ1v) is 9.19. The number of H-pyrrole nitrogens is 2. The molecular formula is C23H17FN4O+2. The van der Waals surface area contributed by atoms with Crippen molar-refractivity contribution in [3.63, 3.8) is 0 Å². The van der Waals surface area contributed by atoms with Crippen LogP contribution < -0.4 is 14.7 Å². The molecule has 0 spiro atoms. The topological polar surface area (TPSA) is 63.1 Å². The average molecular weight is 384 g/mol. The number of pyridine rings is 2. The zero-order valence-electron chi connectivity index (χ0n) is 15.3. The minimum Gasteiger partial charge on any atom is -0.318 e. The summed E-state index contributed by atoms with van der Waals surface area (Å²) in [6, 6.07) is 19.5. The Balaban J connectivity index is 1.59. The first-order valence-electron chi connectivity index (χ1n) is 9.19. The fourth-order valence-corrected chi connectivity index (χ4v) is 3.53. The summed E-state index contributed by atoms with van der Waals surface area (Å²) in [5, 5.41) is 4.96. The van der Waals surface area contributed by atoms with Crippen LogP contribution in [0.4, 0.5) is 10.1 Å². The number of carbonyl (C=O) groups is 1. The minimum atomic E-state index is -0.305. The smallest absolute Gasteiger partial charge is 0.300 e. The fraction of sp³-hybridized carbons (Fsp3) is 0. The van der Waals surface area contributed by atoms with Crippen LogP contribution in [0.5, 0.6) is 0 Å². The number of aromatic amines is 2. The van der Waals surface area contributed by atoms with Crippen molar-refractivity contribution >= 4 is 27.9 Å². The molecule has 140 valence electrons. The molecule has 0 bridgehead atoms. The number of benzene rings is 2. The van der Waals surface area contributed by atoms with Gasteiger partial charge in [0.15, 0.2) is 17.9 Å². The molecule has 6 heteroatoms. The van der Waals surface area contributed by atoms with Gasteiger partial charge in [-0.15, -0.1) is 0 Å². The van der Waals surface area contributed by atoms with Crippen molar-refractivity contribution in [2.75, 3.05) is 5.32 Å². The number of anilines is 1. The second-order valence-corrected chi connectivity index (χ2v) is 6.72. The maximum atomic E-state index is 13.3. The van der Waals surface area contributed by atoms with Crippen molar-refractivity contribution in [1.29, 1.82) is 0 Å². The van der Waals surface area contributed by atoms with Crippen molar-refractivity contribution in [3.8, 4) is 11.4 Å². The monoisotopic (exact) mass is 384 g/mol. The molecule has 3 aromatic heterocycles. The second kappa shape index (κ2) is 6.83. The average Bonchev–Trinajstić information content (AvgIpc) is 3.14. The highest BCUT2D eigenvalue weighted by atomic mass is 19.1. The van der Waals surface area contributed by atoms with Crippen LogP contribution in [0.3, 0.4) is 0 Å². The summed E-state index contributed by atoms with van der Waals surface area (Å²) in [5.41, 5.74) is 2.68. The number of hydrogen-bond donors (Lipinski definition) is 2. The van der Waals surface area contributed by atoms with E-state index in [-0.39, 0.29) is 11.7 Å². The number of rotatable bonds is 3. The Labute approximate surface area is 165 Å². The summed E-state index contributed by atoms with van der Waals surface area (Å²) in [5.74, 6) is 0.154. The van der Waals surface area contributed by atoms with Crippen LogP contribution in [0.2, 0.25) is 0 Å². The summed E-state index contributed by atoms with van der Waals surface area (Å²) in [6.45, 7) is 0. The van der Waals surface area contributed by atoms with Crippen LogP contribution in [0.25, 0.3) is 27.7 Å². The van der Waals surface area contributed by atoms with Gasteiger partial charge in [0.25, 0.3) is 11.7 Å². The molecule has 2 aromatic carbocycles. The van der Waals surface area contributed by atoms with E-state index >= 15 is 0 Å². The maximum absolute atomic E-state index is 13.3. The van der Waals surface area contributed by atoms with Gasteiger partial charge in [-0.25, -0.2) is 14.4 Å². The fourth-order valence-electron chi connectivity index (χ4n) is 3.53. The lowest BCUT2D eigenvalue weighted by atomic mass is 10.1. The van der Waals surface area contributed by atoms with E-state index in [0.717, 1.165) is 27.5 Å². The van der Waals surface area contributed by atoms with Gasteiger partial charge in [-0.1, -0.05) is 12.1 Å². The lowest BCUT2D eigenvalue weighted by Crippen LogP contribution is -2.22. The number of carbonyl (C=O) groups excluding carboxylic acids is 1. The van der Waals surface area contributed by atoms with Crippen LogP contribution in [-0.2, 0) is 0 Å². The van der Waals surface area contributed by atoms with Gasteiger partial charge in [-0.3, -0.25) is 4.79 Å². The number of imidazole rings is 1. The molecule has 0 aliphatic carbocycles. The lowest BCUT2D eigenvalue weighted by molar-refractivity contribution is -0.498. The molecule has 29 heavy (non-hydrogen) atoms. The Morgan fingerprint density at radius 1 is 1.00 bits per heavy atom. The molecule has 0 atom stereocenters. The normalized spacial score (nSPS) is 11.1. The summed E-state index contributed by atoms with van der Waals surface area (Å²) in [7, 11) is 0. The molecule has 0 saturated carbocycles. The van der Waals surface area contributed by atoms with E-state index in [2.05, 4.69) is 15.3 Å². The number of halogens is 1. The van der Waals surface area contributed by atoms with Gasteiger partial charge < -0.3 is 5.32 Å². The van der Waals surface area contributed by atoms with E-state index in [0.29, 0.717) is 11.5 Å². The predicted molar refractivity (Wildman–Crippen MR) is 108 cm³/mol. The molecule has 0 saturated heterocycles. The van der Waals surface area contributed by atoms with E-state index < -0.39 is 0 Å². The van der Waals surface area contributed by atoms with E-state index in [1.165, 1.54) is 12.1 Å². The largest absolute Gasteiger partial charge is 0.318 e. The molecule has 5 aromatic rings. The molecule has 5 nitrogen and oxygen atoms in total. The van der Waals surface area contributed by atoms with Gasteiger partial charge in [0, 0.05) is 22.5 Å². The third-order valence-electron chi connectivity index (χ3n) is 4.92. The predicted octanol–water partition coefficient (Wildman–Crippen LogP) is 3.78. The maximum Gasteiger partial charge on any atom is 0.300 e. The summed E-state index contributed by atoms with van der Waals surface area (Å²) in [4.78, 5) is 19.4. The molecule has 3 heterocycles. The standard InChI is InChI=1S/C23H15FN4O/c24-17-9-7-15(8-10-17)22-27-21(20-6-1-2-13-28(20)22)23(29)26-19-5-3-4-16-14-25-12-11-18(16)19/h1-14H,(H,26,29)/p+2. The first-order chi connectivity index (χ1) is 14.2. The molecule has 0 aliphatic heterocycles. The highest BCUT2D eigenvalue weighted by Crippen LogP contribution is 2.23. The number of fused-ring (bicyclic) bond motifs is 2. The van der Waals surface area contributed by atoms with E-state index in [4.69, 9.17) is 0 Å². The van der Waals surface area contributed by atoms with Gasteiger partial charge in [-0.05, 0) is 48.5 Å². The van der Waals surface area contributed by atoms with Crippen LogP contribution >= 0.6 is 0 Å². The van der Waals surface area contributed by atoms with Gasteiger partial charge in [0.2, 0.25) is 5.69 Å². The zero-order chi connectivity index (χ0) is 19.8. The highest BCUT2D eigenvalue weighted by Gasteiger charge is 2.25. The Bertz CT molecular complexity index is 1350. The van der Waals surface area contributed by atoms with E-state index in [1.807, 2.05) is 65.5 Å². The third-order valence-corrected chi connectivity index (χ3v) is 4.92. The SMILES string of the molecule is O=C(Nc1cccc2c[nH+]ccc12)c1[nH]c(-c2ccc(F)cc2)[n+]2ccccc12. The second-order valence-electron chi connectivity index (χ2n) is 6.72. The summed E-state index contributed by atoms with van der Waals surface area (Å²) < 4.78 is 15.2. The Morgan fingerprint density at radius 3 is 2.72 bits per heavy atom. The molecule has 0 unspecified atom stereocenters. The number of aromatic nitrogens is 3. The highest BCUT2D eigenvalue weighted by molar-refractivity contribution is 6.10. The van der Waals surface area contributed by atoms with Crippen LogP contribution in [-0.4, -0.2) is 10.9 Å². The van der Waals surface area contributed by atoms with E-state index in [1.54, 1.807) is 12.1 Å². The molecule has 0 fully saturated rings. The Morgan fingerprint density at radius 2 is 1.86 bits per heavy atom. The number of hydrogen-bond acceptors (Lipinski definition) is 1. The minimum absolute atomic E-state index is 0.248. The van der Waals surface area contributed by atoms with Crippen LogP contribution in [0, 0.1) is 5.82 Å². The van der Waals surface area contributed by atoms with Gasteiger partial charge >= 0.3 is 0 Å².